The Morgan fingerprint density at radius 2 is 1.20 bits per heavy atom. The lowest BCUT2D eigenvalue weighted by atomic mass is 9.84. The molecule has 5 aromatic rings. The van der Waals surface area contributed by atoms with Crippen molar-refractivity contribution in [3.05, 3.63) is 110 Å². The maximum Gasteiger partial charge on any atom is 0.344 e. The zero-order chi connectivity index (χ0) is 24.9. The summed E-state index contributed by atoms with van der Waals surface area (Å²) in [6, 6.07) is 12.5. The summed E-state index contributed by atoms with van der Waals surface area (Å²) in [6.45, 7) is 0. The Bertz CT molecular complexity index is 1610. The van der Waals surface area contributed by atoms with Gasteiger partial charge in [0.05, 0.1) is 34.9 Å². The van der Waals surface area contributed by atoms with Crippen molar-refractivity contribution < 1.29 is 32.6 Å². The van der Waals surface area contributed by atoms with E-state index < -0.39 is 51.4 Å². The highest BCUT2D eigenvalue weighted by molar-refractivity contribution is 5.87. The topological polar surface area (TPSA) is 110 Å². The molecule has 2 N–H and O–H groups in total. The first-order valence-electron chi connectivity index (χ1n) is 10.3. The van der Waals surface area contributed by atoms with Gasteiger partial charge in [-0.2, -0.15) is 0 Å². The van der Waals surface area contributed by atoms with E-state index in [-0.39, 0.29) is 27.5 Å². The molecule has 0 bridgehead atoms. The third kappa shape index (κ3) is 3.67. The Hall–Kier alpha value is -4.66. The van der Waals surface area contributed by atoms with Gasteiger partial charge in [0.25, 0.3) is 0 Å². The maximum absolute atomic E-state index is 13.9. The number of methoxy groups -OCH3 is 1. The van der Waals surface area contributed by atoms with Crippen LogP contribution in [0.1, 0.15) is 22.6 Å². The van der Waals surface area contributed by atoms with Crippen molar-refractivity contribution >= 4 is 21.9 Å². The molecule has 5 rings (SSSR count). The maximum atomic E-state index is 13.9. The average Bonchev–Trinajstić information content (AvgIpc) is 2.84. The number of fused-ring (bicyclic) bond motifs is 2. The van der Waals surface area contributed by atoms with Crippen LogP contribution in [0.2, 0.25) is 0 Å². The van der Waals surface area contributed by atoms with Crippen LogP contribution in [0.4, 0.5) is 8.78 Å². The summed E-state index contributed by atoms with van der Waals surface area (Å²) in [6.07, 6.45) is 0. The third-order valence-electron chi connectivity index (χ3n) is 5.78. The molecular weight excluding hydrogens is 462 g/mol. The van der Waals surface area contributed by atoms with Gasteiger partial charge in [-0.05, 0) is 54.1 Å². The second-order valence-corrected chi connectivity index (χ2v) is 7.79. The van der Waals surface area contributed by atoms with Gasteiger partial charge in [0.1, 0.15) is 40.0 Å². The predicted molar refractivity (Wildman–Crippen MR) is 122 cm³/mol. The van der Waals surface area contributed by atoms with Gasteiger partial charge >= 0.3 is 11.3 Å². The molecule has 3 aromatic carbocycles. The van der Waals surface area contributed by atoms with E-state index in [1.54, 1.807) is 12.1 Å². The summed E-state index contributed by atoms with van der Waals surface area (Å²) in [7, 11) is 1.45. The minimum absolute atomic E-state index is 0.0806. The molecule has 0 saturated heterocycles. The van der Waals surface area contributed by atoms with Crippen LogP contribution in [0, 0.1) is 11.6 Å². The van der Waals surface area contributed by atoms with Gasteiger partial charge in [0, 0.05) is 0 Å². The van der Waals surface area contributed by atoms with Crippen LogP contribution in [0.25, 0.3) is 21.9 Å². The SMILES string of the molecule is COc1ccc(C(c2c(O)c3cc(F)ccc3oc2=O)c2c(O)c3cc(F)ccc3oc2=O)cc1. The van der Waals surface area contributed by atoms with Gasteiger partial charge in [-0.3, -0.25) is 0 Å². The fraction of sp³-hybridized carbons (Fsp3) is 0.0769. The Labute approximate surface area is 195 Å². The van der Waals surface area contributed by atoms with Crippen LogP contribution in [0.5, 0.6) is 17.2 Å². The fourth-order valence-electron chi connectivity index (χ4n) is 4.13. The smallest absolute Gasteiger partial charge is 0.344 e. The number of hydrogen-bond donors (Lipinski definition) is 2. The predicted octanol–water partition coefficient (Wildman–Crippen LogP) is 4.78. The van der Waals surface area contributed by atoms with E-state index in [0.29, 0.717) is 5.75 Å². The molecule has 0 amide bonds. The van der Waals surface area contributed by atoms with E-state index in [1.165, 1.54) is 31.4 Å². The highest BCUT2D eigenvalue weighted by atomic mass is 19.1. The molecule has 0 unspecified atom stereocenters. The first-order chi connectivity index (χ1) is 16.8. The van der Waals surface area contributed by atoms with E-state index >= 15 is 0 Å². The van der Waals surface area contributed by atoms with E-state index in [4.69, 9.17) is 13.6 Å². The summed E-state index contributed by atoms with van der Waals surface area (Å²) in [4.78, 5) is 26.1. The number of rotatable bonds is 4. The van der Waals surface area contributed by atoms with E-state index in [0.717, 1.165) is 24.3 Å². The lowest BCUT2D eigenvalue weighted by molar-refractivity contribution is 0.414. The number of hydrogen-bond acceptors (Lipinski definition) is 7. The van der Waals surface area contributed by atoms with Crippen molar-refractivity contribution in [2.45, 2.75) is 5.92 Å². The molecule has 0 fully saturated rings. The van der Waals surface area contributed by atoms with Gasteiger partial charge in [0.15, 0.2) is 0 Å². The van der Waals surface area contributed by atoms with Gasteiger partial charge in [-0.1, -0.05) is 12.1 Å². The molecule has 35 heavy (non-hydrogen) atoms. The van der Waals surface area contributed by atoms with Crippen LogP contribution in [0.15, 0.2) is 79.1 Å². The summed E-state index contributed by atoms with van der Waals surface area (Å²) in [5.74, 6) is -3.64. The molecule has 0 spiro atoms. The van der Waals surface area contributed by atoms with Crippen LogP contribution in [-0.2, 0) is 0 Å². The molecule has 0 aliphatic heterocycles. The fourth-order valence-corrected chi connectivity index (χ4v) is 4.13. The van der Waals surface area contributed by atoms with E-state index in [9.17, 15) is 28.6 Å². The standard InChI is InChI=1S/C26H16F2O7/c1-33-15-6-2-12(3-7-15)20(21-23(29)16-10-13(27)4-8-18(16)34-25(21)31)22-24(30)17-11-14(28)5-9-19(17)35-26(22)32/h2-11,20,29-30H,1H3. The second-order valence-electron chi connectivity index (χ2n) is 7.79. The molecule has 0 aliphatic rings. The van der Waals surface area contributed by atoms with Gasteiger partial charge in [-0.25, -0.2) is 18.4 Å². The highest BCUT2D eigenvalue weighted by Gasteiger charge is 2.32. The van der Waals surface area contributed by atoms with Crippen molar-refractivity contribution in [1.82, 2.24) is 0 Å². The normalized spacial score (nSPS) is 11.4. The van der Waals surface area contributed by atoms with Crippen LogP contribution >= 0.6 is 0 Å². The largest absolute Gasteiger partial charge is 0.507 e. The van der Waals surface area contributed by atoms with Crippen LogP contribution in [0.3, 0.4) is 0 Å². The van der Waals surface area contributed by atoms with Crippen molar-refractivity contribution in [2.24, 2.45) is 0 Å². The monoisotopic (exact) mass is 478 g/mol. The Balaban J connectivity index is 1.90. The summed E-state index contributed by atoms with van der Waals surface area (Å²) >= 11 is 0. The van der Waals surface area contributed by atoms with Crippen molar-refractivity contribution in [2.75, 3.05) is 7.11 Å². The number of aromatic hydroxyl groups is 2. The molecule has 0 saturated carbocycles. The van der Waals surface area contributed by atoms with E-state index in [2.05, 4.69) is 0 Å². The second kappa shape index (κ2) is 8.28. The lowest BCUT2D eigenvalue weighted by Gasteiger charge is -2.20. The molecular formula is C26H16F2O7. The van der Waals surface area contributed by atoms with Gasteiger partial charge in [0.2, 0.25) is 0 Å². The number of halogens is 2. The molecule has 9 heteroatoms. The number of ether oxygens (including phenoxy) is 1. The summed E-state index contributed by atoms with van der Waals surface area (Å²) in [5, 5.41) is 21.9. The minimum Gasteiger partial charge on any atom is -0.507 e. The third-order valence-corrected chi connectivity index (χ3v) is 5.78. The number of benzene rings is 3. The van der Waals surface area contributed by atoms with Crippen LogP contribution < -0.4 is 16.0 Å². The van der Waals surface area contributed by atoms with Crippen LogP contribution in [-0.4, -0.2) is 17.3 Å². The summed E-state index contributed by atoms with van der Waals surface area (Å²) in [5.41, 5.74) is -2.83. The molecule has 0 aliphatic carbocycles. The van der Waals surface area contributed by atoms with Gasteiger partial charge in [-0.15, -0.1) is 0 Å². The van der Waals surface area contributed by atoms with E-state index in [1.807, 2.05) is 0 Å². The van der Waals surface area contributed by atoms with Crippen molar-refractivity contribution in [3.63, 3.8) is 0 Å². The lowest BCUT2D eigenvalue weighted by Crippen LogP contribution is -2.21. The van der Waals surface area contributed by atoms with Crippen molar-refractivity contribution in [3.8, 4) is 17.2 Å². The zero-order valence-corrected chi connectivity index (χ0v) is 18.0. The molecule has 2 heterocycles. The van der Waals surface area contributed by atoms with Crippen molar-refractivity contribution in [1.29, 1.82) is 0 Å². The minimum atomic E-state index is -1.42. The molecule has 7 nitrogen and oxygen atoms in total. The Morgan fingerprint density at radius 3 is 1.63 bits per heavy atom. The molecule has 0 radical (unpaired) electrons. The Kier molecular flexibility index (Phi) is 5.24. The first kappa shape index (κ1) is 22.1. The highest BCUT2D eigenvalue weighted by Crippen LogP contribution is 2.42. The molecule has 0 atom stereocenters. The summed E-state index contributed by atoms with van der Waals surface area (Å²) < 4.78 is 43.6. The first-order valence-corrected chi connectivity index (χ1v) is 10.3. The average molecular weight is 478 g/mol. The molecule has 2 aromatic heterocycles. The zero-order valence-electron chi connectivity index (χ0n) is 18.0. The quantitative estimate of drug-likeness (QED) is 0.358. The Morgan fingerprint density at radius 1 is 0.743 bits per heavy atom. The van der Waals surface area contributed by atoms with Gasteiger partial charge < -0.3 is 23.8 Å². The molecule has 176 valence electrons.